The molecule has 52 heavy (non-hydrogen) atoms. The highest BCUT2D eigenvalue weighted by molar-refractivity contribution is 5.70. The highest BCUT2D eigenvalue weighted by Crippen LogP contribution is 2.35. The minimum absolute atomic E-state index is 0.992. The molecule has 0 bridgehead atoms. The highest BCUT2D eigenvalue weighted by atomic mass is 15.2. The summed E-state index contributed by atoms with van der Waals surface area (Å²) in [7, 11) is 0. The van der Waals surface area contributed by atoms with Crippen molar-refractivity contribution in [1.82, 2.24) is 0 Å². The zero-order valence-corrected chi connectivity index (χ0v) is 29.5. The van der Waals surface area contributed by atoms with E-state index in [9.17, 15) is 0 Å². The predicted molar refractivity (Wildman–Crippen MR) is 224 cm³/mol. The third-order valence-electron chi connectivity index (χ3n) is 9.31. The number of hydrogen-bond donors (Lipinski definition) is 0. The maximum absolute atomic E-state index is 2.36. The second-order valence-corrected chi connectivity index (χ2v) is 12.9. The first-order valence-corrected chi connectivity index (χ1v) is 18.2. The van der Waals surface area contributed by atoms with Gasteiger partial charge in [0.1, 0.15) is 0 Å². The summed E-state index contributed by atoms with van der Waals surface area (Å²) in [6.45, 7) is 0. The molecule has 7 rings (SSSR count). The van der Waals surface area contributed by atoms with E-state index in [1.165, 1.54) is 56.4 Å². The number of benzene rings is 5. The summed E-state index contributed by atoms with van der Waals surface area (Å²) in [6.07, 6.45) is 30.4. The van der Waals surface area contributed by atoms with Crippen LogP contribution >= 0.6 is 0 Å². The Morgan fingerprint density at radius 1 is 0.308 bits per heavy atom. The topological polar surface area (TPSA) is 6.48 Å². The van der Waals surface area contributed by atoms with Gasteiger partial charge in [-0.3, -0.25) is 0 Å². The SMILES string of the molecule is C1=C(/C=C/C=C/c2ccc(/C=C/C=C/C3=CC=C(N(c4ccccc4)c4ccccc4)CC3)cc2)CCC(N(c2ccccc2)c2ccccc2)=C1. The lowest BCUT2D eigenvalue weighted by Gasteiger charge is -2.29. The minimum Gasteiger partial charge on any atom is -0.314 e. The summed E-state index contributed by atoms with van der Waals surface area (Å²) in [5.74, 6) is 0. The van der Waals surface area contributed by atoms with Crippen LogP contribution in [0.3, 0.4) is 0 Å². The number of anilines is 4. The van der Waals surface area contributed by atoms with Gasteiger partial charge in [0.15, 0.2) is 0 Å². The van der Waals surface area contributed by atoms with E-state index in [0.29, 0.717) is 0 Å². The van der Waals surface area contributed by atoms with E-state index in [1.54, 1.807) is 0 Å². The molecule has 254 valence electrons. The summed E-state index contributed by atoms with van der Waals surface area (Å²) in [4.78, 5) is 4.72. The zero-order chi connectivity index (χ0) is 35.2. The van der Waals surface area contributed by atoms with Gasteiger partial charge < -0.3 is 9.80 Å². The lowest BCUT2D eigenvalue weighted by Crippen LogP contribution is -2.17. The molecule has 0 saturated heterocycles. The van der Waals surface area contributed by atoms with Crippen molar-refractivity contribution in [3.63, 3.8) is 0 Å². The number of para-hydroxylation sites is 4. The van der Waals surface area contributed by atoms with E-state index in [4.69, 9.17) is 0 Å². The molecule has 0 heterocycles. The summed E-state index contributed by atoms with van der Waals surface area (Å²) in [6, 6.07) is 51.2. The van der Waals surface area contributed by atoms with Gasteiger partial charge in [0.2, 0.25) is 0 Å². The molecule has 2 aliphatic rings. The van der Waals surface area contributed by atoms with Gasteiger partial charge >= 0.3 is 0 Å². The largest absolute Gasteiger partial charge is 0.314 e. The quantitative estimate of drug-likeness (QED) is 0.122. The Hall–Kier alpha value is -6.38. The van der Waals surface area contributed by atoms with Crippen LogP contribution in [-0.2, 0) is 0 Å². The van der Waals surface area contributed by atoms with Crippen LogP contribution in [0.2, 0.25) is 0 Å². The Balaban J connectivity index is 0.925. The molecular weight excluding hydrogens is 629 g/mol. The van der Waals surface area contributed by atoms with E-state index in [2.05, 4.69) is 228 Å². The first-order valence-electron chi connectivity index (χ1n) is 18.2. The van der Waals surface area contributed by atoms with Crippen molar-refractivity contribution >= 4 is 34.9 Å². The number of hydrogen-bond acceptors (Lipinski definition) is 2. The fourth-order valence-corrected chi connectivity index (χ4v) is 6.61. The molecule has 0 amide bonds. The number of nitrogens with zero attached hydrogens (tertiary/aromatic N) is 2. The van der Waals surface area contributed by atoms with Gasteiger partial charge in [0.05, 0.1) is 0 Å². The van der Waals surface area contributed by atoms with Gasteiger partial charge in [-0.1, -0.05) is 158 Å². The summed E-state index contributed by atoms with van der Waals surface area (Å²) in [5, 5.41) is 0. The third kappa shape index (κ3) is 9.04. The lowest BCUT2D eigenvalue weighted by atomic mass is 10.00. The fraction of sp³-hybridized carbons (Fsp3) is 0.0800. The van der Waals surface area contributed by atoms with Gasteiger partial charge in [0, 0.05) is 34.1 Å². The van der Waals surface area contributed by atoms with Crippen molar-refractivity contribution in [2.75, 3.05) is 9.80 Å². The fourth-order valence-electron chi connectivity index (χ4n) is 6.61. The van der Waals surface area contributed by atoms with Crippen molar-refractivity contribution in [3.05, 3.63) is 240 Å². The molecule has 0 aliphatic heterocycles. The molecule has 5 aromatic rings. The van der Waals surface area contributed by atoms with Crippen LogP contribution in [-0.4, -0.2) is 0 Å². The molecular formula is C50H44N2. The van der Waals surface area contributed by atoms with E-state index in [1.807, 2.05) is 0 Å². The Morgan fingerprint density at radius 2 is 0.615 bits per heavy atom. The highest BCUT2D eigenvalue weighted by Gasteiger charge is 2.17. The van der Waals surface area contributed by atoms with Gasteiger partial charge in [-0.2, -0.15) is 0 Å². The van der Waals surface area contributed by atoms with E-state index in [-0.39, 0.29) is 0 Å². The molecule has 2 heteroatoms. The molecule has 0 unspecified atom stereocenters. The lowest BCUT2D eigenvalue weighted by molar-refractivity contribution is 0.891. The minimum atomic E-state index is 0.992. The number of rotatable bonds is 12. The molecule has 0 spiro atoms. The monoisotopic (exact) mass is 672 g/mol. The summed E-state index contributed by atoms with van der Waals surface area (Å²) < 4.78 is 0. The predicted octanol–water partition coefficient (Wildman–Crippen LogP) is 13.7. The first-order chi connectivity index (χ1) is 25.8. The van der Waals surface area contributed by atoms with Crippen LogP contribution in [0.4, 0.5) is 22.7 Å². The third-order valence-corrected chi connectivity index (χ3v) is 9.31. The molecule has 2 nitrogen and oxygen atoms in total. The van der Waals surface area contributed by atoms with Crippen molar-refractivity contribution in [1.29, 1.82) is 0 Å². The van der Waals surface area contributed by atoms with Crippen molar-refractivity contribution in [3.8, 4) is 0 Å². The maximum atomic E-state index is 2.36. The van der Waals surface area contributed by atoms with Crippen molar-refractivity contribution in [2.45, 2.75) is 25.7 Å². The van der Waals surface area contributed by atoms with E-state index < -0.39 is 0 Å². The zero-order valence-electron chi connectivity index (χ0n) is 29.5. The average molecular weight is 673 g/mol. The van der Waals surface area contributed by atoms with Gasteiger partial charge in [-0.15, -0.1) is 0 Å². The molecule has 5 aromatic carbocycles. The number of allylic oxidation sites excluding steroid dienone is 14. The van der Waals surface area contributed by atoms with Gasteiger partial charge in [-0.25, -0.2) is 0 Å². The standard InChI is InChI=1S/C50H44N2/c1-5-21-45(22-6-1)51(46-23-7-2-8-24-46)49-37-33-43(34-38-49)19-15-13-17-41-29-31-42(32-30-41)18-14-16-20-44-35-39-50(40-36-44)52(47-25-9-3-10-26-47)48-27-11-4-12-28-48/h1-33,35,37,39H,34,36,38,40H2/b17-13+,18-14+,19-15+,20-16+. The maximum Gasteiger partial charge on any atom is 0.0458 e. The van der Waals surface area contributed by atoms with Crippen LogP contribution in [0.5, 0.6) is 0 Å². The summed E-state index contributed by atoms with van der Waals surface area (Å²) in [5.41, 5.74) is 12.4. The van der Waals surface area contributed by atoms with E-state index >= 15 is 0 Å². The second kappa shape index (κ2) is 17.5. The molecule has 2 aliphatic carbocycles. The van der Waals surface area contributed by atoms with Crippen molar-refractivity contribution < 1.29 is 0 Å². The average Bonchev–Trinajstić information content (AvgIpc) is 3.22. The van der Waals surface area contributed by atoms with E-state index in [0.717, 1.165) is 25.7 Å². The van der Waals surface area contributed by atoms with Crippen LogP contribution in [0.25, 0.3) is 12.2 Å². The molecule has 0 atom stereocenters. The van der Waals surface area contributed by atoms with Crippen LogP contribution in [0, 0.1) is 0 Å². The normalized spacial score (nSPS) is 14.8. The molecule has 0 aromatic heterocycles. The van der Waals surface area contributed by atoms with Gasteiger partial charge in [-0.05, 0) is 109 Å². The van der Waals surface area contributed by atoms with Crippen LogP contribution in [0.15, 0.2) is 229 Å². The summed E-state index contributed by atoms with van der Waals surface area (Å²) >= 11 is 0. The van der Waals surface area contributed by atoms with Crippen LogP contribution in [0.1, 0.15) is 36.8 Å². The van der Waals surface area contributed by atoms with Crippen LogP contribution < -0.4 is 9.80 Å². The molecule has 0 radical (unpaired) electrons. The van der Waals surface area contributed by atoms with Crippen molar-refractivity contribution in [2.24, 2.45) is 0 Å². The Labute approximate surface area is 309 Å². The molecule has 0 N–H and O–H groups in total. The Kier molecular flexibility index (Phi) is 11.5. The van der Waals surface area contributed by atoms with Gasteiger partial charge in [0.25, 0.3) is 0 Å². The first kappa shape index (κ1) is 34.1. The smallest absolute Gasteiger partial charge is 0.0458 e. The molecule has 0 saturated carbocycles. The Bertz CT molecular complexity index is 1910. The Morgan fingerprint density at radius 3 is 0.904 bits per heavy atom. The molecule has 0 fully saturated rings. The second-order valence-electron chi connectivity index (χ2n) is 12.9.